The lowest BCUT2D eigenvalue weighted by molar-refractivity contribution is -0.132. The summed E-state index contributed by atoms with van der Waals surface area (Å²) in [5.41, 5.74) is 0.793. The predicted octanol–water partition coefficient (Wildman–Crippen LogP) is 1.30. The van der Waals surface area contributed by atoms with E-state index in [0.717, 1.165) is 31.5 Å². The number of nitrogens with one attached hydrogen (secondary N) is 2. The SMILES string of the molecule is COCCNC(=O)N[C@H](C(=O)N1CCCC1)c1ccccc1. The largest absolute Gasteiger partial charge is 0.383 e. The molecule has 0 aliphatic carbocycles. The standard InChI is InChI=1S/C16H23N3O3/c1-22-12-9-17-16(21)18-14(13-7-3-2-4-8-13)15(20)19-10-5-6-11-19/h2-4,7-8,14H,5-6,9-12H2,1H3,(H2,17,18,21)/t14-/m0/s1. The van der Waals surface area contributed by atoms with E-state index in [2.05, 4.69) is 10.6 Å². The van der Waals surface area contributed by atoms with E-state index < -0.39 is 6.04 Å². The van der Waals surface area contributed by atoms with E-state index >= 15 is 0 Å². The second kappa shape index (κ2) is 8.38. The Morgan fingerprint density at radius 2 is 1.91 bits per heavy atom. The van der Waals surface area contributed by atoms with Gasteiger partial charge in [-0.1, -0.05) is 30.3 Å². The van der Waals surface area contributed by atoms with Gasteiger partial charge in [-0.2, -0.15) is 0 Å². The summed E-state index contributed by atoms with van der Waals surface area (Å²) in [5.74, 6) is -0.0504. The molecule has 2 N–H and O–H groups in total. The summed E-state index contributed by atoms with van der Waals surface area (Å²) in [6.45, 7) is 2.36. The summed E-state index contributed by atoms with van der Waals surface area (Å²) in [4.78, 5) is 26.5. The van der Waals surface area contributed by atoms with Gasteiger partial charge in [-0.3, -0.25) is 4.79 Å². The van der Waals surface area contributed by atoms with Crippen molar-refractivity contribution in [3.63, 3.8) is 0 Å². The number of nitrogens with zero attached hydrogens (tertiary/aromatic N) is 1. The first-order chi connectivity index (χ1) is 10.7. The first-order valence-corrected chi connectivity index (χ1v) is 7.59. The van der Waals surface area contributed by atoms with Gasteiger partial charge < -0.3 is 20.3 Å². The van der Waals surface area contributed by atoms with Crippen molar-refractivity contribution < 1.29 is 14.3 Å². The minimum absolute atomic E-state index is 0.0504. The highest BCUT2D eigenvalue weighted by atomic mass is 16.5. The van der Waals surface area contributed by atoms with Crippen LogP contribution in [0, 0.1) is 0 Å². The van der Waals surface area contributed by atoms with Gasteiger partial charge in [-0.05, 0) is 18.4 Å². The van der Waals surface area contributed by atoms with E-state index in [1.807, 2.05) is 35.2 Å². The highest BCUT2D eigenvalue weighted by Gasteiger charge is 2.28. The van der Waals surface area contributed by atoms with Crippen LogP contribution in [0.25, 0.3) is 0 Å². The van der Waals surface area contributed by atoms with Crippen LogP contribution in [0.3, 0.4) is 0 Å². The van der Waals surface area contributed by atoms with Crippen molar-refractivity contribution in [3.8, 4) is 0 Å². The molecule has 22 heavy (non-hydrogen) atoms. The number of likely N-dealkylation sites (tertiary alicyclic amines) is 1. The molecule has 3 amide bonds. The second-order valence-corrected chi connectivity index (χ2v) is 5.27. The molecule has 0 bridgehead atoms. The molecule has 1 aliphatic heterocycles. The van der Waals surface area contributed by atoms with Gasteiger partial charge in [0.15, 0.2) is 0 Å². The second-order valence-electron chi connectivity index (χ2n) is 5.27. The molecule has 0 spiro atoms. The smallest absolute Gasteiger partial charge is 0.315 e. The molecule has 1 saturated heterocycles. The van der Waals surface area contributed by atoms with E-state index in [1.165, 1.54) is 0 Å². The zero-order valence-electron chi connectivity index (χ0n) is 12.9. The molecule has 1 aromatic carbocycles. The first kappa shape index (κ1) is 16.3. The molecule has 0 saturated carbocycles. The van der Waals surface area contributed by atoms with E-state index in [9.17, 15) is 9.59 Å². The topological polar surface area (TPSA) is 70.7 Å². The number of amides is 3. The average Bonchev–Trinajstić information content (AvgIpc) is 3.07. The van der Waals surface area contributed by atoms with Crippen LogP contribution in [0.4, 0.5) is 4.79 Å². The fourth-order valence-corrected chi connectivity index (χ4v) is 2.50. The van der Waals surface area contributed by atoms with Gasteiger partial charge in [0.2, 0.25) is 5.91 Å². The van der Waals surface area contributed by atoms with Gasteiger partial charge >= 0.3 is 6.03 Å². The van der Waals surface area contributed by atoms with Crippen LogP contribution < -0.4 is 10.6 Å². The Morgan fingerprint density at radius 1 is 1.23 bits per heavy atom. The zero-order chi connectivity index (χ0) is 15.8. The summed E-state index contributed by atoms with van der Waals surface area (Å²) < 4.78 is 4.89. The van der Waals surface area contributed by atoms with Crippen LogP contribution in [0.2, 0.25) is 0 Å². The number of rotatable bonds is 6. The Hall–Kier alpha value is -2.08. The highest BCUT2D eigenvalue weighted by Crippen LogP contribution is 2.19. The number of ether oxygens (including phenoxy) is 1. The zero-order valence-corrected chi connectivity index (χ0v) is 12.9. The quantitative estimate of drug-likeness (QED) is 0.778. The molecular formula is C16H23N3O3. The maximum Gasteiger partial charge on any atom is 0.315 e. The Kier molecular flexibility index (Phi) is 6.21. The number of hydrogen-bond donors (Lipinski definition) is 2. The van der Waals surface area contributed by atoms with Crippen LogP contribution in [-0.2, 0) is 9.53 Å². The van der Waals surface area contributed by atoms with Crippen molar-refractivity contribution in [1.82, 2.24) is 15.5 Å². The molecule has 1 heterocycles. The van der Waals surface area contributed by atoms with E-state index in [-0.39, 0.29) is 11.9 Å². The third-order valence-corrected chi connectivity index (χ3v) is 3.66. The molecule has 1 atom stereocenters. The third kappa shape index (κ3) is 4.46. The summed E-state index contributed by atoms with van der Waals surface area (Å²) in [5, 5.41) is 5.46. The highest BCUT2D eigenvalue weighted by molar-refractivity contribution is 5.88. The number of urea groups is 1. The molecule has 6 nitrogen and oxygen atoms in total. The van der Waals surface area contributed by atoms with Crippen molar-refractivity contribution in [2.45, 2.75) is 18.9 Å². The molecule has 120 valence electrons. The molecule has 0 aromatic heterocycles. The van der Waals surface area contributed by atoms with E-state index in [0.29, 0.717) is 13.2 Å². The molecule has 0 radical (unpaired) electrons. The fourth-order valence-electron chi connectivity index (χ4n) is 2.50. The van der Waals surface area contributed by atoms with Gasteiger partial charge in [0.25, 0.3) is 0 Å². The maximum absolute atomic E-state index is 12.7. The van der Waals surface area contributed by atoms with E-state index in [1.54, 1.807) is 7.11 Å². The van der Waals surface area contributed by atoms with Gasteiger partial charge in [0.05, 0.1) is 6.61 Å². The van der Waals surface area contributed by atoms with Crippen molar-refractivity contribution >= 4 is 11.9 Å². The number of carbonyl (C=O) groups excluding carboxylic acids is 2. The van der Waals surface area contributed by atoms with Crippen molar-refractivity contribution in [2.24, 2.45) is 0 Å². The summed E-state index contributed by atoms with van der Waals surface area (Å²) in [6, 6.07) is 8.32. The van der Waals surface area contributed by atoms with Gasteiger partial charge in [-0.25, -0.2) is 4.79 Å². The number of carbonyl (C=O) groups is 2. The lowest BCUT2D eigenvalue weighted by atomic mass is 10.1. The lowest BCUT2D eigenvalue weighted by Gasteiger charge is -2.24. The number of hydrogen-bond acceptors (Lipinski definition) is 3. The molecule has 1 aliphatic rings. The molecule has 0 unspecified atom stereocenters. The monoisotopic (exact) mass is 305 g/mol. The predicted molar refractivity (Wildman–Crippen MR) is 83.4 cm³/mol. The number of methoxy groups -OCH3 is 1. The summed E-state index contributed by atoms with van der Waals surface area (Å²) in [6.07, 6.45) is 2.04. The van der Waals surface area contributed by atoms with Gasteiger partial charge in [0, 0.05) is 26.7 Å². The first-order valence-electron chi connectivity index (χ1n) is 7.59. The van der Waals surface area contributed by atoms with Crippen LogP contribution in [0.5, 0.6) is 0 Å². The summed E-state index contributed by atoms with van der Waals surface area (Å²) >= 11 is 0. The van der Waals surface area contributed by atoms with Crippen molar-refractivity contribution in [2.75, 3.05) is 33.4 Å². The third-order valence-electron chi connectivity index (χ3n) is 3.66. The molecule has 6 heteroatoms. The van der Waals surface area contributed by atoms with Crippen LogP contribution in [-0.4, -0.2) is 50.2 Å². The molecule has 2 rings (SSSR count). The average molecular weight is 305 g/mol. The summed E-state index contributed by atoms with van der Waals surface area (Å²) in [7, 11) is 1.57. The van der Waals surface area contributed by atoms with Crippen molar-refractivity contribution in [1.29, 1.82) is 0 Å². The normalized spacial score (nSPS) is 15.4. The van der Waals surface area contributed by atoms with E-state index in [4.69, 9.17) is 4.74 Å². The fraction of sp³-hybridized carbons (Fsp3) is 0.500. The lowest BCUT2D eigenvalue weighted by Crippen LogP contribution is -2.46. The van der Waals surface area contributed by atoms with Crippen molar-refractivity contribution in [3.05, 3.63) is 35.9 Å². The maximum atomic E-state index is 12.7. The minimum atomic E-state index is -0.651. The Balaban J connectivity index is 2.04. The van der Waals surface area contributed by atoms with Crippen LogP contribution >= 0.6 is 0 Å². The Bertz CT molecular complexity index is 487. The van der Waals surface area contributed by atoms with Gasteiger partial charge in [0.1, 0.15) is 6.04 Å². The van der Waals surface area contributed by atoms with Crippen LogP contribution in [0.15, 0.2) is 30.3 Å². The number of benzene rings is 1. The Morgan fingerprint density at radius 3 is 2.55 bits per heavy atom. The Labute approximate surface area is 130 Å². The van der Waals surface area contributed by atoms with Gasteiger partial charge in [-0.15, -0.1) is 0 Å². The molecule has 1 fully saturated rings. The molecular weight excluding hydrogens is 282 g/mol. The van der Waals surface area contributed by atoms with Crippen LogP contribution in [0.1, 0.15) is 24.4 Å². The molecule has 1 aromatic rings. The minimum Gasteiger partial charge on any atom is -0.383 e.